The maximum atomic E-state index is 11.8. The van der Waals surface area contributed by atoms with E-state index in [1.807, 2.05) is 25.1 Å². The number of carbonyl (C=O) groups is 1. The number of hydrogen-bond acceptors (Lipinski definition) is 2. The summed E-state index contributed by atoms with van der Waals surface area (Å²) in [6.45, 7) is 1.99. The average Bonchev–Trinajstić information content (AvgIpc) is 2.82. The maximum Gasteiger partial charge on any atom is 0.271 e. The Hall–Kier alpha value is -1.16. The molecule has 0 aliphatic heterocycles. The van der Waals surface area contributed by atoms with Crippen molar-refractivity contribution in [2.24, 2.45) is 5.10 Å². The molecule has 0 unspecified atom stereocenters. The Bertz CT molecular complexity index is 460. The van der Waals surface area contributed by atoms with Gasteiger partial charge in [-0.3, -0.25) is 4.79 Å². The van der Waals surface area contributed by atoms with Gasteiger partial charge >= 0.3 is 0 Å². The zero-order chi connectivity index (χ0) is 12.3. The van der Waals surface area contributed by atoms with Crippen LogP contribution >= 0.6 is 15.9 Å². The first-order valence-electron chi connectivity index (χ1n) is 5.79. The van der Waals surface area contributed by atoms with Crippen molar-refractivity contribution in [3.63, 3.8) is 0 Å². The highest BCUT2D eigenvalue weighted by Gasteiger charge is 2.10. The Morgan fingerprint density at radius 3 is 2.71 bits per heavy atom. The minimum Gasteiger partial charge on any atom is -0.267 e. The summed E-state index contributed by atoms with van der Waals surface area (Å²) in [5.74, 6) is -0.148. The highest BCUT2D eigenvalue weighted by Crippen LogP contribution is 2.17. The van der Waals surface area contributed by atoms with Crippen LogP contribution in [0.5, 0.6) is 0 Å². The molecule has 0 atom stereocenters. The first-order chi connectivity index (χ1) is 8.16. The van der Waals surface area contributed by atoms with Gasteiger partial charge in [0.1, 0.15) is 0 Å². The minimum absolute atomic E-state index is 0.148. The summed E-state index contributed by atoms with van der Waals surface area (Å²) in [5, 5.41) is 4.15. The standard InChI is InChI=1S/C13H15BrN2O/c1-9-6-7-10(8-12(9)14)13(17)16-15-11-4-2-3-5-11/h6-8H,2-5H2,1H3,(H,16,17). The zero-order valence-corrected chi connectivity index (χ0v) is 11.4. The van der Waals surface area contributed by atoms with E-state index in [1.165, 1.54) is 12.8 Å². The molecule has 0 saturated heterocycles. The van der Waals surface area contributed by atoms with Gasteiger partial charge in [-0.1, -0.05) is 22.0 Å². The number of halogens is 1. The number of amides is 1. The van der Waals surface area contributed by atoms with Gasteiger partial charge in [0.2, 0.25) is 0 Å². The molecule has 1 saturated carbocycles. The topological polar surface area (TPSA) is 41.5 Å². The lowest BCUT2D eigenvalue weighted by atomic mass is 10.1. The molecule has 0 aromatic heterocycles. The average molecular weight is 295 g/mol. The van der Waals surface area contributed by atoms with Crippen LogP contribution in [0.2, 0.25) is 0 Å². The van der Waals surface area contributed by atoms with Crippen LogP contribution in [-0.4, -0.2) is 11.6 Å². The Morgan fingerprint density at radius 1 is 1.35 bits per heavy atom. The van der Waals surface area contributed by atoms with E-state index in [0.29, 0.717) is 5.56 Å². The van der Waals surface area contributed by atoms with Gasteiger partial charge in [0.15, 0.2) is 0 Å². The van der Waals surface area contributed by atoms with Crippen LogP contribution < -0.4 is 5.43 Å². The van der Waals surface area contributed by atoms with Crippen LogP contribution in [0.25, 0.3) is 0 Å². The van der Waals surface area contributed by atoms with Crippen molar-refractivity contribution in [1.29, 1.82) is 0 Å². The fourth-order valence-electron chi connectivity index (χ4n) is 1.82. The van der Waals surface area contributed by atoms with E-state index in [0.717, 1.165) is 28.6 Å². The third kappa shape index (κ3) is 3.16. The number of nitrogens with zero attached hydrogens (tertiary/aromatic N) is 1. The predicted octanol–water partition coefficient (Wildman–Crippen LogP) is 3.42. The molecule has 1 amide bonds. The zero-order valence-electron chi connectivity index (χ0n) is 9.79. The van der Waals surface area contributed by atoms with E-state index in [2.05, 4.69) is 26.5 Å². The molecular weight excluding hydrogens is 280 g/mol. The lowest BCUT2D eigenvalue weighted by Gasteiger charge is -2.03. The number of aryl methyl sites for hydroxylation is 1. The molecule has 1 aliphatic carbocycles. The Labute approximate surface area is 109 Å². The maximum absolute atomic E-state index is 11.8. The molecule has 90 valence electrons. The van der Waals surface area contributed by atoms with Crippen LogP contribution in [0.3, 0.4) is 0 Å². The SMILES string of the molecule is Cc1ccc(C(=O)NN=C2CCCC2)cc1Br. The van der Waals surface area contributed by atoms with Crippen LogP contribution in [0.4, 0.5) is 0 Å². The van der Waals surface area contributed by atoms with Gasteiger partial charge in [0, 0.05) is 15.7 Å². The van der Waals surface area contributed by atoms with Gasteiger partial charge in [0.05, 0.1) is 0 Å². The summed E-state index contributed by atoms with van der Waals surface area (Å²) in [4.78, 5) is 11.8. The molecule has 17 heavy (non-hydrogen) atoms. The Morgan fingerprint density at radius 2 is 2.06 bits per heavy atom. The third-order valence-corrected chi connectivity index (χ3v) is 3.78. The van der Waals surface area contributed by atoms with Gasteiger partial charge in [-0.2, -0.15) is 5.10 Å². The van der Waals surface area contributed by atoms with Crippen LogP contribution in [-0.2, 0) is 0 Å². The normalized spacial score (nSPS) is 14.8. The van der Waals surface area contributed by atoms with E-state index < -0.39 is 0 Å². The van der Waals surface area contributed by atoms with Gasteiger partial charge < -0.3 is 0 Å². The number of hydrazone groups is 1. The molecule has 1 N–H and O–H groups in total. The van der Waals surface area contributed by atoms with Gasteiger partial charge in [-0.25, -0.2) is 5.43 Å². The number of nitrogens with one attached hydrogen (secondary N) is 1. The lowest BCUT2D eigenvalue weighted by molar-refractivity contribution is 0.0954. The molecule has 1 fully saturated rings. The fourth-order valence-corrected chi connectivity index (χ4v) is 2.20. The van der Waals surface area contributed by atoms with Crippen molar-refractivity contribution in [1.82, 2.24) is 5.43 Å². The highest BCUT2D eigenvalue weighted by atomic mass is 79.9. The van der Waals surface area contributed by atoms with Crippen molar-refractivity contribution in [2.75, 3.05) is 0 Å². The highest BCUT2D eigenvalue weighted by molar-refractivity contribution is 9.10. The monoisotopic (exact) mass is 294 g/mol. The Balaban J connectivity index is 2.04. The molecule has 1 aromatic rings. The van der Waals surface area contributed by atoms with E-state index in [1.54, 1.807) is 0 Å². The third-order valence-electron chi connectivity index (χ3n) is 2.93. The Kier molecular flexibility index (Phi) is 3.94. The molecule has 0 radical (unpaired) electrons. The molecule has 2 rings (SSSR count). The lowest BCUT2D eigenvalue weighted by Crippen LogP contribution is -2.19. The van der Waals surface area contributed by atoms with Gasteiger partial charge in [0.25, 0.3) is 5.91 Å². The van der Waals surface area contributed by atoms with Crippen LogP contribution in [0, 0.1) is 6.92 Å². The molecular formula is C13H15BrN2O. The largest absolute Gasteiger partial charge is 0.271 e. The van der Waals surface area contributed by atoms with Crippen molar-refractivity contribution in [3.05, 3.63) is 33.8 Å². The molecule has 0 spiro atoms. The summed E-state index contributed by atoms with van der Waals surface area (Å²) >= 11 is 3.42. The summed E-state index contributed by atoms with van der Waals surface area (Å²) < 4.78 is 0.943. The van der Waals surface area contributed by atoms with Crippen molar-refractivity contribution in [2.45, 2.75) is 32.6 Å². The summed E-state index contributed by atoms with van der Waals surface area (Å²) in [6.07, 6.45) is 4.39. The van der Waals surface area contributed by atoms with E-state index >= 15 is 0 Å². The number of benzene rings is 1. The molecule has 0 heterocycles. The van der Waals surface area contributed by atoms with E-state index in [9.17, 15) is 4.79 Å². The molecule has 0 bridgehead atoms. The molecule has 1 aliphatic rings. The van der Waals surface area contributed by atoms with Crippen molar-refractivity contribution < 1.29 is 4.79 Å². The predicted molar refractivity (Wildman–Crippen MR) is 72.2 cm³/mol. The second-order valence-corrected chi connectivity index (χ2v) is 5.14. The first-order valence-corrected chi connectivity index (χ1v) is 6.58. The van der Waals surface area contributed by atoms with E-state index in [-0.39, 0.29) is 5.91 Å². The minimum atomic E-state index is -0.148. The number of rotatable bonds is 2. The van der Waals surface area contributed by atoms with E-state index in [4.69, 9.17) is 0 Å². The van der Waals surface area contributed by atoms with Crippen LogP contribution in [0.1, 0.15) is 41.6 Å². The van der Waals surface area contributed by atoms with Gasteiger partial charge in [-0.05, 0) is 50.3 Å². The van der Waals surface area contributed by atoms with Crippen molar-refractivity contribution in [3.8, 4) is 0 Å². The second-order valence-electron chi connectivity index (χ2n) is 4.29. The molecule has 4 heteroatoms. The molecule has 3 nitrogen and oxygen atoms in total. The van der Waals surface area contributed by atoms with Crippen molar-refractivity contribution >= 4 is 27.5 Å². The quantitative estimate of drug-likeness (QED) is 0.835. The summed E-state index contributed by atoms with van der Waals surface area (Å²) in [5.41, 5.74) is 5.46. The molecule has 1 aromatic carbocycles. The smallest absolute Gasteiger partial charge is 0.267 e. The summed E-state index contributed by atoms with van der Waals surface area (Å²) in [7, 11) is 0. The fraction of sp³-hybridized carbons (Fsp3) is 0.385. The number of hydrogen-bond donors (Lipinski definition) is 1. The first kappa shape index (κ1) is 12.3. The van der Waals surface area contributed by atoms with Crippen LogP contribution in [0.15, 0.2) is 27.8 Å². The second kappa shape index (κ2) is 5.45. The van der Waals surface area contributed by atoms with Gasteiger partial charge in [-0.15, -0.1) is 0 Å². The number of carbonyl (C=O) groups excluding carboxylic acids is 1. The summed E-state index contributed by atoms with van der Waals surface area (Å²) in [6, 6.07) is 5.55.